The highest BCUT2D eigenvalue weighted by molar-refractivity contribution is 9.10. The van der Waals surface area contributed by atoms with Crippen LogP contribution < -0.4 is 19.1 Å². The van der Waals surface area contributed by atoms with Crippen LogP contribution in [0, 0.1) is 6.92 Å². The fourth-order valence-electron chi connectivity index (χ4n) is 5.57. The topological polar surface area (TPSA) is 105 Å². The maximum Gasteiger partial charge on any atom is 0.264 e. The molecule has 0 radical (unpaired) electrons. The van der Waals surface area contributed by atoms with Crippen molar-refractivity contribution in [2.75, 3.05) is 25.1 Å². The second-order valence-electron chi connectivity index (χ2n) is 11.3. The average Bonchev–Trinajstić information content (AvgIpc) is 3.04. The van der Waals surface area contributed by atoms with Crippen molar-refractivity contribution >= 4 is 43.5 Å². The first kappa shape index (κ1) is 34.3. The molecule has 1 aliphatic carbocycles. The molecule has 1 N–H and O–H groups in total. The maximum absolute atomic E-state index is 14.3. The van der Waals surface area contributed by atoms with Gasteiger partial charge in [0.25, 0.3) is 10.0 Å². The van der Waals surface area contributed by atoms with Gasteiger partial charge in [0.05, 0.1) is 29.3 Å². The summed E-state index contributed by atoms with van der Waals surface area (Å²) in [4.78, 5) is 29.6. The molecule has 0 aromatic heterocycles. The Bertz CT molecular complexity index is 1560. The van der Waals surface area contributed by atoms with Gasteiger partial charge < -0.3 is 19.7 Å². The van der Waals surface area contributed by atoms with E-state index in [4.69, 9.17) is 9.47 Å². The van der Waals surface area contributed by atoms with Gasteiger partial charge >= 0.3 is 0 Å². The number of anilines is 1. The van der Waals surface area contributed by atoms with E-state index in [1.807, 2.05) is 26.0 Å². The number of rotatable bonds is 13. The maximum atomic E-state index is 14.3. The first-order chi connectivity index (χ1) is 21.6. The molecule has 0 bridgehead atoms. The number of carbonyl (C=O) groups is 2. The fraction of sp³-hybridized carbons (Fsp3) is 0.412. The molecule has 1 atom stereocenters. The van der Waals surface area contributed by atoms with Crippen LogP contribution in [-0.4, -0.2) is 58.0 Å². The Morgan fingerprint density at radius 3 is 2.20 bits per heavy atom. The largest absolute Gasteiger partial charge is 0.497 e. The molecule has 0 saturated heterocycles. The van der Waals surface area contributed by atoms with Gasteiger partial charge in [0.15, 0.2) is 0 Å². The zero-order valence-corrected chi connectivity index (χ0v) is 28.7. The van der Waals surface area contributed by atoms with Crippen LogP contribution in [0.3, 0.4) is 0 Å². The summed E-state index contributed by atoms with van der Waals surface area (Å²) in [6.07, 6.45) is 5.45. The minimum absolute atomic E-state index is 0.00709. The molecule has 11 heteroatoms. The fourth-order valence-corrected chi connectivity index (χ4v) is 7.70. The lowest BCUT2D eigenvalue weighted by molar-refractivity contribution is -0.140. The predicted octanol–water partition coefficient (Wildman–Crippen LogP) is 6.23. The molecule has 9 nitrogen and oxygen atoms in total. The van der Waals surface area contributed by atoms with E-state index in [1.165, 1.54) is 24.1 Å². The lowest BCUT2D eigenvalue weighted by Crippen LogP contribution is -2.54. The summed E-state index contributed by atoms with van der Waals surface area (Å²) in [6.45, 7) is 3.39. The number of methoxy groups -OCH3 is 2. The molecule has 1 saturated carbocycles. The Labute approximate surface area is 275 Å². The van der Waals surface area contributed by atoms with Crippen LogP contribution in [-0.2, 0) is 26.2 Å². The lowest BCUT2D eigenvalue weighted by atomic mass is 9.95. The Balaban J connectivity index is 1.72. The quantitative estimate of drug-likeness (QED) is 0.227. The normalized spacial score (nSPS) is 14.3. The van der Waals surface area contributed by atoms with Crippen LogP contribution in [0.1, 0.15) is 56.6 Å². The Kier molecular flexibility index (Phi) is 11.9. The number of sulfonamides is 1. The van der Waals surface area contributed by atoms with Crippen molar-refractivity contribution < 1.29 is 27.5 Å². The van der Waals surface area contributed by atoms with E-state index in [0.717, 1.165) is 47.5 Å². The number of nitrogens with one attached hydrogen (secondary N) is 1. The molecule has 0 heterocycles. The van der Waals surface area contributed by atoms with Crippen LogP contribution in [0.5, 0.6) is 11.5 Å². The van der Waals surface area contributed by atoms with Crippen molar-refractivity contribution in [1.82, 2.24) is 10.2 Å². The molecule has 2 amide bonds. The van der Waals surface area contributed by atoms with Crippen molar-refractivity contribution in [2.24, 2.45) is 0 Å². The van der Waals surface area contributed by atoms with Gasteiger partial charge in [0, 0.05) is 12.6 Å². The van der Waals surface area contributed by atoms with Gasteiger partial charge in [0.1, 0.15) is 24.1 Å². The summed E-state index contributed by atoms with van der Waals surface area (Å²) < 4.78 is 40.5. The Hall–Kier alpha value is -3.57. The molecule has 1 fully saturated rings. The number of hydrogen-bond donors (Lipinski definition) is 1. The molecule has 0 spiro atoms. The van der Waals surface area contributed by atoms with Gasteiger partial charge in [-0.1, -0.05) is 56.0 Å². The summed E-state index contributed by atoms with van der Waals surface area (Å²) in [5.41, 5.74) is 2.07. The third kappa shape index (κ3) is 8.58. The van der Waals surface area contributed by atoms with E-state index >= 15 is 0 Å². The predicted molar refractivity (Wildman–Crippen MR) is 179 cm³/mol. The van der Waals surface area contributed by atoms with Gasteiger partial charge in [-0.3, -0.25) is 13.9 Å². The van der Waals surface area contributed by atoms with Gasteiger partial charge in [0.2, 0.25) is 11.8 Å². The number of halogens is 1. The van der Waals surface area contributed by atoms with Gasteiger partial charge in [-0.25, -0.2) is 8.42 Å². The van der Waals surface area contributed by atoms with Crippen LogP contribution in [0.4, 0.5) is 5.69 Å². The molecule has 3 aromatic rings. The monoisotopic (exact) mass is 699 g/mol. The highest BCUT2D eigenvalue weighted by atomic mass is 79.9. The van der Waals surface area contributed by atoms with Crippen molar-refractivity contribution in [3.05, 3.63) is 82.3 Å². The van der Waals surface area contributed by atoms with Crippen molar-refractivity contribution in [3.63, 3.8) is 0 Å². The first-order valence-corrected chi connectivity index (χ1v) is 17.5. The van der Waals surface area contributed by atoms with E-state index in [9.17, 15) is 18.0 Å². The van der Waals surface area contributed by atoms with Gasteiger partial charge in [-0.05, 0) is 90.1 Å². The van der Waals surface area contributed by atoms with Crippen molar-refractivity contribution in [2.45, 2.75) is 75.9 Å². The summed E-state index contributed by atoms with van der Waals surface area (Å²) in [6, 6.07) is 18.0. The van der Waals surface area contributed by atoms with E-state index in [2.05, 4.69) is 21.2 Å². The molecule has 4 rings (SSSR count). The van der Waals surface area contributed by atoms with Crippen LogP contribution >= 0.6 is 15.9 Å². The van der Waals surface area contributed by atoms with Crippen LogP contribution in [0.25, 0.3) is 0 Å². The molecule has 45 heavy (non-hydrogen) atoms. The van der Waals surface area contributed by atoms with Crippen molar-refractivity contribution in [1.29, 1.82) is 0 Å². The number of hydrogen-bond acceptors (Lipinski definition) is 6. The number of carbonyl (C=O) groups excluding carboxylic acids is 2. The minimum Gasteiger partial charge on any atom is -0.497 e. The highest BCUT2D eigenvalue weighted by Crippen LogP contribution is 2.31. The second kappa shape index (κ2) is 15.6. The third-order valence-corrected chi connectivity index (χ3v) is 10.6. The molecule has 0 aliphatic heterocycles. The summed E-state index contributed by atoms with van der Waals surface area (Å²) in [5.74, 6) is 0.427. The van der Waals surface area contributed by atoms with Crippen LogP contribution in [0.15, 0.2) is 76.1 Å². The summed E-state index contributed by atoms with van der Waals surface area (Å²) in [7, 11) is -1.14. The lowest BCUT2D eigenvalue weighted by Gasteiger charge is -2.34. The van der Waals surface area contributed by atoms with E-state index < -0.39 is 28.5 Å². The Morgan fingerprint density at radius 2 is 1.62 bits per heavy atom. The third-order valence-electron chi connectivity index (χ3n) is 8.16. The van der Waals surface area contributed by atoms with Gasteiger partial charge in [-0.2, -0.15) is 0 Å². The van der Waals surface area contributed by atoms with E-state index in [1.54, 1.807) is 49.6 Å². The molecular formula is C34H42BrN3O6S. The summed E-state index contributed by atoms with van der Waals surface area (Å²) >= 11 is 3.38. The molecular weight excluding hydrogens is 658 g/mol. The van der Waals surface area contributed by atoms with Crippen LogP contribution in [0.2, 0.25) is 0 Å². The number of benzene rings is 3. The molecule has 3 aromatic carbocycles. The number of nitrogens with zero attached hydrogens (tertiary/aromatic N) is 2. The summed E-state index contributed by atoms with van der Waals surface area (Å²) in [5, 5.41) is 3.17. The molecule has 1 aliphatic rings. The molecule has 0 unspecified atom stereocenters. The standard InChI is InChI=1S/C34H42BrN3O6S/c1-5-31(34(40)36-26-9-7-6-8-10-26)37(22-25-13-17-28(43-3)18-14-25)33(39)23-38(27-15-11-24(2)12-16-27)45(41,42)29-19-20-32(44-4)30(35)21-29/h11-21,26,31H,5-10,22-23H2,1-4H3,(H,36,40)/t31-/m1/s1. The number of aryl methyl sites for hydroxylation is 1. The van der Waals surface area contributed by atoms with Crippen molar-refractivity contribution in [3.8, 4) is 11.5 Å². The van der Waals surface area contributed by atoms with E-state index in [-0.39, 0.29) is 23.4 Å². The smallest absolute Gasteiger partial charge is 0.264 e. The number of ether oxygens (including phenoxy) is 2. The van der Waals surface area contributed by atoms with E-state index in [0.29, 0.717) is 28.1 Å². The second-order valence-corrected chi connectivity index (χ2v) is 14.0. The van der Waals surface area contributed by atoms with Gasteiger partial charge in [-0.15, -0.1) is 0 Å². The zero-order valence-electron chi connectivity index (χ0n) is 26.3. The molecule has 242 valence electrons. The zero-order chi connectivity index (χ0) is 32.6. The first-order valence-electron chi connectivity index (χ1n) is 15.2. The highest BCUT2D eigenvalue weighted by Gasteiger charge is 2.34. The minimum atomic E-state index is -4.22. The average molecular weight is 701 g/mol. The SMILES string of the molecule is CC[C@H](C(=O)NC1CCCCC1)N(Cc1ccc(OC)cc1)C(=O)CN(c1ccc(C)cc1)S(=O)(=O)c1ccc(OC)c(Br)c1. The Morgan fingerprint density at radius 1 is 0.956 bits per heavy atom. The number of amides is 2.